The van der Waals surface area contributed by atoms with Crippen LogP contribution in [0.3, 0.4) is 0 Å². The molecule has 104 valence electrons. The number of rotatable bonds is 6. The van der Waals surface area contributed by atoms with Gasteiger partial charge in [-0.2, -0.15) is 0 Å². The van der Waals surface area contributed by atoms with Gasteiger partial charge in [0.15, 0.2) is 0 Å². The molecule has 0 saturated carbocycles. The first-order valence-corrected chi connectivity index (χ1v) is 5.85. The van der Waals surface area contributed by atoms with E-state index in [1.165, 1.54) is 12.0 Å². The van der Waals surface area contributed by atoms with E-state index in [1.807, 2.05) is 0 Å². The van der Waals surface area contributed by atoms with Gasteiger partial charge in [0, 0.05) is 13.5 Å². The highest BCUT2D eigenvalue weighted by molar-refractivity contribution is 5.97. The van der Waals surface area contributed by atoms with Gasteiger partial charge in [0.25, 0.3) is 0 Å². The van der Waals surface area contributed by atoms with Crippen molar-refractivity contribution in [2.75, 3.05) is 19.1 Å². The van der Waals surface area contributed by atoms with E-state index in [0.29, 0.717) is 11.4 Å². The van der Waals surface area contributed by atoms with Crippen molar-refractivity contribution in [1.82, 2.24) is 0 Å². The van der Waals surface area contributed by atoms with E-state index < -0.39 is 12.0 Å². The normalized spacial score (nSPS) is 11.7. The van der Waals surface area contributed by atoms with Gasteiger partial charge in [-0.05, 0) is 18.6 Å². The Labute approximate surface area is 111 Å². The van der Waals surface area contributed by atoms with Gasteiger partial charge >= 0.3 is 5.97 Å². The fourth-order valence-electron chi connectivity index (χ4n) is 1.68. The van der Waals surface area contributed by atoms with Gasteiger partial charge in [-0.25, -0.2) is 0 Å². The molecule has 0 aromatic heterocycles. The molecule has 0 saturated heterocycles. The fourth-order valence-corrected chi connectivity index (χ4v) is 1.68. The number of likely N-dealkylation sites (N-methyl/N-ethyl adjacent to an activating group) is 1. The lowest BCUT2D eigenvalue weighted by molar-refractivity contribution is -0.137. The van der Waals surface area contributed by atoms with Crippen LogP contribution in [0.5, 0.6) is 5.75 Å². The van der Waals surface area contributed by atoms with Crippen molar-refractivity contribution < 1.29 is 19.4 Å². The Morgan fingerprint density at radius 1 is 1.42 bits per heavy atom. The molecule has 1 amide bonds. The van der Waals surface area contributed by atoms with Gasteiger partial charge < -0.3 is 20.5 Å². The second kappa shape index (κ2) is 6.75. The summed E-state index contributed by atoms with van der Waals surface area (Å²) in [5.74, 6) is -0.752. The molecule has 1 unspecified atom stereocenters. The summed E-state index contributed by atoms with van der Waals surface area (Å²) in [7, 11) is 3.10. The van der Waals surface area contributed by atoms with Gasteiger partial charge in [-0.15, -0.1) is 0 Å². The van der Waals surface area contributed by atoms with Crippen LogP contribution in [-0.4, -0.2) is 37.2 Å². The van der Waals surface area contributed by atoms with Crippen LogP contribution in [0.4, 0.5) is 5.69 Å². The summed E-state index contributed by atoms with van der Waals surface area (Å²) in [5.41, 5.74) is 6.30. The first-order valence-electron chi connectivity index (χ1n) is 5.85. The maximum atomic E-state index is 12.1. The summed E-state index contributed by atoms with van der Waals surface area (Å²) in [6.07, 6.45) is -0.0275. The number of aliphatic carboxylic acids is 1. The lowest BCUT2D eigenvalue weighted by Crippen LogP contribution is -2.42. The molecule has 19 heavy (non-hydrogen) atoms. The number of ether oxygens (including phenoxy) is 1. The number of carbonyl (C=O) groups is 2. The average Bonchev–Trinajstić information content (AvgIpc) is 2.42. The van der Waals surface area contributed by atoms with E-state index in [9.17, 15) is 9.59 Å². The second-order valence-corrected chi connectivity index (χ2v) is 4.11. The minimum atomic E-state index is -0.969. The Bertz CT molecular complexity index is 462. The Kier molecular flexibility index (Phi) is 5.32. The van der Waals surface area contributed by atoms with Crippen LogP contribution in [0.25, 0.3) is 0 Å². The maximum absolute atomic E-state index is 12.1. The van der Waals surface area contributed by atoms with E-state index >= 15 is 0 Å². The summed E-state index contributed by atoms with van der Waals surface area (Å²) < 4.78 is 5.17. The number of carboxylic acid groups (broad SMARTS) is 1. The van der Waals surface area contributed by atoms with Crippen molar-refractivity contribution in [3.63, 3.8) is 0 Å². The number of amides is 1. The molecule has 0 aliphatic carbocycles. The molecule has 0 radical (unpaired) electrons. The number of methoxy groups -OCH3 is 1. The molecule has 6 nitrogen and oxygen atoms in total. The fraction of sp³-hybridized carbons (Fsp3) is 0.385. The number of hydrogen-bond donors (Lipinski definition) is 2. The first kappa shape index (κ1) is 15.0. The maximum Gasteiger partial charge on any atom is 0.303 e. The van der Waals surface area contributed by atoms with Gasteiger partial charge in [0.1, 0.15) is 5.75 Å². The largest absolute Gasteiger partial charge is 0.495 e. The molecule has 1 atom stereocenters. The minimum Gasteiger partial charge on any atom is -0.495 e. The molecule has 0 aliphatic heterocycles. The second-order valence-electron chi connectivity index (χ2n) is 4.11. The molecule has 0 heterocycles. The number of benzene rings is 1. The van der Waals surface area contributed by atoms with E-state index in [-0.39, 0.29) is 18.7 Å². The predicted molar refractivity (Wildman–Crippen MR) is 71.2 cm³/mol. The molecule has 0 fully saturated rings. The van der Waals surface area contributed by atoms with Crippen LogP contribution in [0, 0.1) is 0 Å². The number of carboxylic acids is 1. The monoisotopic (exact) mass is 266 g/mol. The first-order chi connectivity index (χ1) is 8.97. The summed E-state index contributed by atoms with van der Waals surface area (Å²) in [6.45, 7) is 0. The van der Waals surface area contributed by atoms with Gasteiger partial charge in [-0.1, -0.05) is 12.1 Å². The van der Waals surface area contributed by atoms with Crippen molar-refractivity contribution in [3.05, 3.63) is 24.3 Å². The van der Waals surface area contributed by atoms with Crippen molar-refractivity contribution >= 4 is 17.6 Å². The predicted octanol–water partition coefficient (Wildman–Crippen LogP) is 0.850. The highest BCUT2D eigenvalue weighted by Crippen LogP contribution is 2.27. The quantitative estimate of drug-likeness (QED) is 0.796. The SMILES string of the molecule is COc1ccccc1N(C)C(=O)C(N)CCC(=O)O. The lowest BCUT2D eigenvalue weighted by atomic mass is 10.1. The molecular weight excluding hydrogens is 248 g/mol. The Balaban J connectivity index is 2.78. The smallest absolute Gasteiger partial charge is 0.303 e. The number of hydrogen-bond acceptors (Lipinski definition) is 4. The highest BCUT2D eigenvalue weighted by Gasteiger charge is 2.21. The standard InChI is InChI=1S/C13H18N2O4/c1-15(10-5-3-4-6-11(10)19-2)13(18)9(14)7-8-12(16)17/h3-6,9H,7-8,14H2,1-2H3,(H,16,17). The Morgan fingerprint density at radius 3 is 2.63 bits per heavy atom. The molecule has 1 aromatic rings. The third kappa shape index (κ3) is 3.96. The van der Waals surface area contributed by atoms with E-state index in [0.717, 1.165) is 0 Å². The van der Waals surface area contributed by atoms with E-state index in [4.69, 9.17) is 15.6 Å². The third-order valence-corrected chi connectivity index (χ3v) is 2.76. The molecular formula is C13H18N2O4. The van der Waals surface area contributed by atoms with Crippen LogP contribution in [-0.2, 0) is 9.59 Å². The van der Waals surface area contributed by atoms with Crippen LogP contribution in [0.2, 0.25) is 0 Å². The van der Waals surface area contributed by atoms with Crippen LogP contribution in [0.1, 0.15) is 12.8 Å². The number of para-hydroxylation sites is 2. The van der Waals surface area contributed by atoms with Crippen molar-refractivity contribution in [1.29, 1.82) is 0 Å². The zero-order valence-corrected chi connectivity index (χ0v) is 11.0. The van der Waals surface area contributed by atoms with Crippen LogP contribution >= 0.6 is 0 Å². The molecule has 1 rings (SSSR count). The summed E-state index contributed by atoms with van der Waals surface area (Å²) >= 11 is 0. The zero-order chi connectivity index (χ0) is 14.4. The summed E-state index contributed by atoms with van der Waals surface area (Å²) in [5, 5.41) is 8.58. The average molecular weight is 266 g/mol. The number of anilines is 1. The number of carbonyl (C=O) groups excluding carboxylic acids is 1. The summed E-state index contributed by atoms with van der Waals surface area (Å²) in [4.78, 5) is 23.9. The van der Waals surface area contributed by atoms with Crippen molar-refractivity contribution in [2.45, 2.75) is 18.9 Å². The molecule has 6 heteroatoms. The van der Waals surface area contributed by atoms with Crippen LogP contribution < -0.4 is 15.4 Å². The van der Waals surface area contributed by atoms with E-state index in [2.05, 4.69) is 0 Å². The minimum absolute atomic E-state index is 0.105. The zero-order valence-electron chi connectivity index (χ0n) is 11.0. The van der Waals surface area contributed by atoms with Crippen molar-refractivity contribution in [3.8, 4) is 5.75 Å². The Hall–Kier alpha value is -2.08. The molecule has 0 spiro atoms. The molecule has 0 aliphatic rings. The molecule has 3 N–H and O–H groups in total. The molecule has 1 aromatic carbocycles. The lowest BCUT2D eigenvalue weighted by Gasteiger charge is -2.22. The number of nitrogens with zero attached hydrogens (tertiary/aromatic N) is 1. The summed E-state index contributed by atoms with van der Waals surface area (Å²) in [6, 6.07) is 6.21. The van der Waals surface area contributed by atoms with Gasteiger partial charge in [-0.3, -0.25) is 9.59 Å². The topological polar surface area (TPSA) is 92.9 Å². The van der Waals surface area contributed by atoms with Crippen LogP contribution in [0.15, 0.2) is 24.3 Å². The van der Waals surface area contributed by atoms with Crippen molar-refractivity contribution in [2.24, 2.45) is 5.73 Å². The van der Waals surface area contributed by atoms with Gasteiger partial charge in [0.2, 0.25) is 5.91 Å². The van der Waals surface area contributed by atoms with Gasteiger partial charge in [0.05, 0.1) is 18.8 Å². The number of nitrogens with two attached hydrogens (primary N) is 1. The molecule has 0 bridgehead atoms. The highest BCUT2D eigenvalue weighted by atomic mass is 16.5. The van der Waals surface area contributed by atoms with E-state index in [1.54, 1.807) is 31.3 Å². The third-order valence-electron chi connectivity index (χ3n) is 2.76. The Morgan fingerprint density at radius 2 is 2.05 bits per heavy atom.